The van der Waals surface area contributed by atoms with Crippen LogP contribution in [0.1, 0.15) is 0 Å². The molecule has 0 unspecified atom stereocenters. The van der Waals surface area contributed by atoms with Crippen LogP contribution in [-0.2, 0) is 9.53 Å². The van der Waals surface area contributed by atoms with Crippen molar-refractivity contribution in [3.05, 3.63) is 47.9 Å². The Morgan fingerprint density at radius 3 is 2.95 bits per heavy atom. The molecule has 0 spiro atoms. The Hall–Kier alpha value is -2.41. The minimum Gasteiger partial charge on any atom is -0.464 e. The number of esters is 1. The van der Waals surface area contributed by atoms with Gasteiger partial charge in [0.1, 0.15) is 18.5 Å². The second-order valence-electron chi connectivity index (χ2n) is 3.63. The standard InChI is InChI=1S/C12H10ClFN4O2/c1-20-12(19)11(18-7-15-6-17-18)5-16-8-2-3-10(14)9(13)4-8/h2-7,16H,1H3/b11-5-. The summed E-state index contributed by atoms with van der Waals surface area (Å²) in [6.45, 7) is 0. The maximum Gasteiger partial charge on any atom is 0.358 e. The summed E-state index contributed by atoms with van der Waals surface area (Å²) < 4.78 is 18.9. The zero-order valence-corrected chi connectivity index (χ0v) is 11.1. The highest BCUT2D eigenvalue weighted by Crippen LogP contribution is 2.19. The Balaban J connectivity index is 2.25. The lowest BCUT2D eigenvalue weighted by atomic mass is 10.3. The van der Waals surface area contributed by atoms with Gasteiger partial charge < -0.3 is 10.1 Å². The summed E-state index contributed by atoms with van der Waals surface area (Å²) in [5, 5.41) is 6.63. The van der Waals surface area contributed by atoms with Crippen LogP contribution in [0.25, 0.3) is 5.70 Å². The van der Waals surface area contributed by atoms with Crippen LogP contribution in [0.3, 0.4) is 0 Å². The molecule has 0 saturated carbocycles. The molecule has 1 N–H and O–H groups in total. The number of rotatable bonds is 4. The molecular weight excluding hydrogens is 287 g/mol. The van der Waals surface area contributed by atoms with Gasteiger partial charge in [0, 0.05) is 11.9 Å². The first-order valence-electron chi connectivity index (χ1n) is 5.47. The maximum atomic E-state index is 13.0. The van der Waals surface area contributed by atoms with Crippen molar-refractivity contribution in [2.75, 3.05) is 12.4 Å². The maximum absolute atomic E-state index is 13.0. The van der Waals surface area contributed by atoms with Crippen LogP contribution in [0.4, 0.5) is 10.1 Å². The molecule has 1 aromatic heterocycles. The number of benzene rings is 1. The first-order valence-corrected chi connectivity index (χ1v) is 5.84. The molecule has 2 aromatic rings. The van der Waals surface area contributed by atoms with E-state index in [0.717, 1.165) is 0 Å². The van der Waals surface area contributed by atoms with Gasteiger partial charge in [-0.25, -0.2) is 18.9 Å². The van der Waals surface area contributed by atoms with Crippen LogP contribution in [0.2, 0.25) is 5.02 Å². The predicted octanol–water partition coefficient (Wildman–Crippen LogP) is 2.15. The second-order valence-corrected chi connectivity index (χ2v) is 4.04. The number of carbonyl (C=O) groups is 1. The molecule has 6 nitrogen and oxygen atoms in total. The van der Waals surface area contributed by atoms with Gasteiger partial charge in [-0.05, 0) is 18.2 Å². The third-order valence-electron chi connectivity index (χ3n) is 2.36. The summed E-state index contributed by atoms with van der Waals surface area (Å²) in [4.78, 5) is 15.4. The molecule has 8 heteroatoms. The summed E-state index contributed by atoms with van der Waals surface area (Å²) in [7, 11) is 1.25. The van der Waals surface area contributed by atoms with Gasteiger partial charge in [-0.15, -0.1) is 0 Å². The lowest BCUT2D eigenvalue weighted by Crippen LogP contribution is -2.12. The Morgan fingerprint density at radius 2 is 2.35 bits per heavy atom. The van der Waals surface area contributed by atoms with Gasteiger partial charge >= 0.3 is 5.97 Å². The Kier molecular flexibility index (Phi) is 4.31. The molecule has 0 fully saturated rings. The highest BCUT2D eigenvalue weighted by atomic mass is 35.5. The van der Waals surface area contributed by atoms with Crippen LogP contribution in [-0.4, -0.2) is 27.8 Å². The Labute approximate surface area is 118 Å². The number of hydrogen-bond acceptors (Lipinski definition) is 5. The van der Waals surface area contributed by atoms with Crippen molar-refractivity contribution >= 4 is 29.0 Å². The quantitative estimate of drug-likeness (QED) is 0.691. The van der Waals surface area contributed by atoms with Gasteiger partial charge in [-0.3, -0.25) is 0 Å². The minimum absolute atomic E-state index is 0.0243. The molecule has 2 rings (SSSR count). The zero-order chi connectivity index (χ0) is 14.5. The summed E-state index contributed by atoms with van der Waals surface area (Å²) in [5.74, 6) is -1.12. The number of anilines is 1. The predicted molar refractivity (Wildman–Crippen MR) is 71.3 cm³/mol. The molecule has 0 amide bonds. The first kappa shape index (κ1) is 14.0. The van der Waals surface area contributed by atoms with Crippen LogP contribution in [0.15, 0.2) is 37.1 Å². The molecule has 0 atom stereocenters. The van der Waals surface area contributed by atoms with Crippen molar-refractivity contribution in [3.8, 4) is 0 Å². The van der Waals surface area contributed by atoms with Crippen molar-refractivity contribution in [1.82, 2.24) is 14.8 Å². The average molecular weight is 297 g/mol. The number of nitrogens with zero attached hydrogens (tertiary/aromatic N) is 3. The molecule has 0 saturated heterocycles. The lowest BCUT2D eigenvalue weighted by molar-refractivity contribution is -0.134. The normalized spacial score (nSPS) is 11.2. The summed E-state index contributed by atoms with van der Waals surface area (Å²) >= 11 is 5.66. The van der Waals surface area contributed by atoms with Crippen molar-refractivity contribution in [1.29, 1.82) is 0 Å². The highest BCUT2D eigenvalue weighted by molar-refractivity contribution is 6.31. The van der Waals surface area contributed by atoms with E-state index in [0.29, 0.717) is 5.69 Å². The Bertz CT molecular complexity index is 643. The van der Waals surface area contributed by atoms with E-state index >= 15 is 0 Å². The van der Waals surface area contributed by atoms with Gasteiger partial charge in [0.05, 0.1) is 12.1 Å². The number of ether oxygens (including phenoxy) is 1. The lowest BCUT2D eigenvalue weighted by Gasteiger charge is -2.07. The van der Waals surface area contributed by atoms with Crippen LogP contribution >= 0.6 is 11.6 Å². The van der Waals surface area contributed by atoms with Crippen molar-refractivity contribution < 1.29 is 13.9 Å². The van der Waals surface area contributed by atoms with Crippen LogP contribution < -0.4 is 5.32 Å². The number of aromatic nitrogens is 3. The van der Waals surface area contributed by atoms with Crippen LogP contribution in [0.5, 0.6) is 0 Å². The first-order chi connectivity index (χ1) is 9.61. The number of methoxy groups -OCH3 is 1. The third kappa shape index (κ3) is 3.12. The highest BCUT2D eigenvalue weighted by Gasteiger charge is 2.12. The number of hydrogen-bond donors (Lipinski definition) is 1. The van der Waals surface area contributed by atoms with Gasteiger partial charge in [-0.2, -0.15) is 5.10 Å². The zero-order valence-electron chi connectivity index (χ0n) is 10.4. The van der Waals surface area contributed by atoms with E-state index in [4.69, 9.17) is 11.6 Å². The van der Waals surface area contributed by atoms with Crippen molar-refractivity contribution in [2.45, 2.75) is 0 Å². The fourth-order valence-corrected chi connectivity index (χ4v) is 1.57. The molecular formula is C12H10ClFN4O2. The van der Waals surface area contributed by atoms with Crippen molar-refractivity contribution in [2.24, 2.45) is 0 Å². The van der Waals surface area contributed by atoms with E-state index in [2.05, 4.69) is 20.1 Å². The average Bonchev–Trinajstić information content (AvgIpc) is 2.96. The third-order valence-corrected chi connectivity index (χ3v) is 2.64. The monoisotopic (exact) mass is 296 g/mol. The van der Waals surface area contributed by atoms with E-state index in [1.807, 2.05) is 0 Å². The SMILES string of the molecule is COC(=O)/C(=C/Nc1ccc(F)c(Cl)c1)n1cncn1. The largest absolute Gasteiger partial charge is 0.464 e. The molecule has 0 aliphatic rings. The summed E-state index contributed by atoms with van der Waals surface area (Å²) in [6, 6.07) is 4.09. The number of nitrogens with one attached hydrogen (secondary N) is 1. The molecule has 1 heterocycles. The van der Waals surface area contributed by atoms with Gasteiger partial charge in [-0.1, -0.05) is 11.6 Å². The fraction of sp³-hybridized carbons (Fsp3) is 0.0833. The molecule has 0 aliphatic carbocycles. The van der Waals surface area contributed by atoms with Gasteiger partial charge in [0.15, 0.2) is 5.70 Å². The minimum atomic E-state index is -0.601. The topological polar surface area (TPSA) is 69.0 Å². The van der Waals surface area contributed by atoms with Gasteiger partial charge in [0.2, 0.25) is 0 Å². The van der Waals surface area contributed by atoms with E-state index in [-0.39, 0.29) is 10.7 Å². The molecule has 20 heavy (non-hydrogen) atoms. The van der Waals surface area contributed by atoms with E-state index < -0.39 is 11.8 Å². The molecule has 0 bridgehead atoms. The van der Waals surface area contributed by atoms with Crippen molar-refractivity contribution in [3.63, 3.8) is 0 Å². The molecule has 0 radical (unpaired) electrons. The van der Waals surface area contributed by atoms with E-state index in [1.54, 1.807) is 0 Å². The smallest absolute Gasteiger partial charge is 0.358 e. The summed E-state index contributed by atoms with van der Waals surface area (Å²) in [6.07, 6.45) is 4.00. The molecule has 104 valence electrons. The van der Waals surface area contributed by atoms with E-state index in [9.17, 15) is 9.18 Å². The molecule has 0 aliphatic heterocycles. The molecule has 1 aromatic carbocycles. The van der Waals surface area contributed by atoms with E-state index in [1.165, 1.54) is 48.8 Å². The Morgan fingerprint density at radius 1 is 1.55 bits per heavy atom. The number of halogens is 2. The fourth-order valence-electron chi connectivity index (χ4n) is 1.39. The van der Waals surface area contributed by atoms with Gasteiger partial charge in [0.25, 0.3) is 0 Å². The summed E-state index contributed by atoms with van der Waals surface area (Å²) in [5.41, 5.74) is 0.628. The van der Waals surface area contributed by atoms with Crippen LogP contribution in [0, 0.1) is 5.82 Å². The second kappa shape index (κ2) is 6.16. The number of carbonyl (C=O) groups excluding carboxylic acids is 1.